The van der Waals surface area contributed by atoms with Crippen LogP contribution in [-0.4, -0.2) is 60.3 Å². The molecule has 7 nitrogen and oxygen atoms in total. The van der Waals surface area contributed by atoms with Crippen molar-refractivity contribution in [2.75, 3.05) is 27.2 Å². The highest BCUT2D eigenvalue weighted by Crippen LogP contribution is 2.55. The summed E-state index contributed by atoms with van der Waals surface area (Å²) in [6.45, 7) is 3.13. The van der Waals surface area contributed by atoms with Gasteiger partial charge in [0.2, 0.25) is 0 Å². The lowest BCUT2D eigenvalue weighted by molar-refractivity contribution is -0.146. The average molecular weight is 398 g/mol. The van der Waals surface area contributed by atoms with Crippen molar-refractivity contribution in [1.82, 2.24) is 4.90 Å². The number of hydrogen-bond acceptors (Lipinski definition) is 5. The molecular formula is C19H24ClNO6. The van der Waals surface area contributed by atoms with Crippen molar-refractivity contribution in [1.29, 1.82) is 0 Å². The molecule has 2 unspecified atom stereocenters. The van der Waals surface area contributed by atoms with Crippen LogP contribution in [0.5, 0.6) is 0 Å². The van der Waals surface area contributed by atoms with Crippen molar-refractivity contribution in [3.8, 4) is 0 Å². The standard InChI is InChI=1S/C15H20ClNO2.C4H4O4/c1-4-19-14(18)15(9-12(15)10-17(2)3)11-6-5-7-13(16)8-11;5-3(6)1-2-4(7)8/h5-8,12H,4,9-10H2,1-3H3;1-2H,(H,5,6)(H,7,8)/b;2-1-. The SMILES string of the molecule is CCOC(=O)C1(c2cccc(Cl)c2)CC1CN(C)C.O=C(O)/C=C\C(=O)O. The van der Waals surface area contributed by atoms with Crippen molar-refractivity contribution in [2.24, 2.45) is 5.92 Å². The smallest absolute Gasteiger partial charge is 0.328 e. The van der Waals surface area contributed by atoms with E-state index in [1.54, 1.807) is 0 Å². The predicted molar refractivity (Wildman–Crippen MR) is 101 cm³/mol. The van der Waals surface area contributed by atoms with Gasteiger partial charge in [-0.2, -0.15) is 0 Å². The van der Waals surface area contributed by atoms with Crippen LogP contribution in [0.2, 0.25) is 5.02 Å². The maximum atomic E-state index is 12.3. The number of nitrogens with zero attached hydrogens (tertiary/aromatic N) is 1. The third-order valence-electron chi connectivity index (χ3n) is 4.04. The number of benzene rings is 1. The Morgan fingerprint density at radius 1 is 1.26 bits per heavy atom. The molecule has 0 saturated heterocycles. The molecule has 0 amide bonds. The lowest BCUT2D eigenvalue weighted by atomic mass is 9.93. The molecule has 1 aromatic rings. The molecule has 8 heteroatoms. The number of esters is 1. The van der Waals surface area contributed by atoms with Crippen LogP contribution in [0.15, 0.2) is 36.4 Å². The third-order valence-corrected chi connectivity index (χ3v) is 4.27. The van der Waals surface area contributed by atoms with E-state index >= 15 is 0 Å². The number of carbonyl (C=O) groups excluding carboxylic acids is 1. The fourth-order valence-corrected chi connectivity index (χ4v) is 3.07. The maximum Gasteiger partial charge on any atom is 0.328 e. The number of aliphatic carboxylic acids is 2. The minimum absolute atomic E-state index is 0.121. The third kappa shape index (κ3) is 6.69. The molecule has 2 rings (SSSR count). The number of hydrogen-bond donors (Lipinski definition) is 2. The van der Waals surface area contributed by atoms with Gasteiger partial charge in [-0.1, -0.05) is 23.7 Å². The number of ether oxygens (including phenoxy) is 1. The van der Waals surface area contributed by atoms with Crippen LogP contribution < -0.4 is 0 Å². The van der Waals surface area contributed by atoms with E-state index in [0.29, 0.717) is 29.7 Å². The van der Waals surface area contributed by atoms with Gasteiger partial charge in [0.15, 0.2) is 0 Å². The lowest BCUT2D eigenvalue weighted by Crippen LogP contribution is -2.29. The van der Waals surface area contributed by atoms with Gasteiger partial charge in [0, 0.05) is 23.7 Å². The van der Waals surface area contributed by atoms with Crippen molar-refractivity contribution >= 4 is 29.5 Å². The van der Waals surface area contributed by atoms with E-state index in [2.05, 4.69) is 4.90 Å². The number of carboxylic acids is 2. The topological polar surface area (TPSA) is 104 Å². The van der Waals surface area contributed by atoms with E-state index in [-0.39, 0.29) is 5.97 Å². The normalized spacial score (nSPS) is 20.7. The van der Waals surface area contributed by atoms with Crippen molar-refractivity contribution in [2.45, 2.75) is 18.8 Å². The molecule has 1 fully saturated rings. The second-order valence-electron chi connectivity index (χ2n) is 6.38. The van der Waals surface area contributed by atoms with Gasteiger partial charge < -0.3 is 19.8 Å². The van der Waals surface area contributed by atoms with Gasteiger partial charge in [-0.3, -0.25) is 4.79 Å². The van der Waals surface area contributed by atoms with Crippen LogP contribution in [0, 0.1) is 5.92 Å². The monoisotopic (exact) mass is 397 g/mol. The van der Waals surface area contributed by atoms with Crippen LogP contribution in [0.1, 0.15) is 18.9 Å². The van der Waals surface area contributed by atoms with Gasteiger partial charge in [0.25, 0.3) is 0 Å². The van der Waals surface area contributed by atoms with E-state index < -0.39 is 17.4 Å². The second kappa shape index (κ2) is 10.1. The van der Waals surface area contributed by atoms with Crippen molar-refractivity contribution in [3.05, 3.63) is 47.0 Å². The lowest BCUT2D eigenvalue weighted by Gasteiger charge is -2.18. The van der Waals surface area contributed by atoms with Crippen molar-refractivity contribution in [3.63, 3.8) is 0 Å². The van der Waals surface area contributed by atoms with Crippen LogP contribution in [-0.2, 0) is 24.5 Å². The number of carboxylic acid groups (broad SMARTS) is 2. The van der Waals surface area contributed by atoms with Gasteiger partial charge >= 0.3 is 17.9 Å². The van der Waals surface area contributed by atoms with E-state index in [4.69, 9.17) is 26.6 Å². The first-order valence-electron chi connectivity index (χ1n) is 8.35. The fraction of sp³-hybridized carbons (Fsp3) is 0.421. The first-order chi connectivity index (χ1) is 12.6. The van der Waals surface area contributed by atoms with Gasteiger partial charge in [-0.25, -0.2) is 9.59 Å². The summed E-state index contributed by atoms with van der Waals surface area (Å²) >= 11 is 6.05. The van der Waals surface area contributed by atoms with Gasteiger partial charge in [-0.05, 0) is 51.1 Å². The maximum absolute atomic E-state index is 12.3. The summed E-state index contributed by atoms with van der Waals surface area (Å²) in [5.41, 5.74) is 0.482. The van der Waals surface area contributed by atoms with Gasteiger partial charge in [-0.15, -0.1) is 0 Å². The largest absolute Gasteiger partial charge is 0.478 e. The summed E-state index contributed by atoms with van der Waals surface area (Å²) in [5.74, 6) is -2.33. The average Bonchev–Trinajstić information content (AvgIpc) is 3.28. The van der Waals surface area contributed by atoms with Crippen LogP contribution in [0.4, 0.5) is 0 Å². The zero-order valence-corrected chi connectivity index (χ0v) is 16.3. The van der Waals surface area contributed by atoms with Crippen molar-refractivity contribution < 1.29 is 29.3 Å². The molecule has 0 aromatic heterocycles. The van der Waals surface area contributed by atoms with Crippen LogP contribution in [0.25, 0.3) is 0 Å². The summed E-state index contributed by atoms with van der Waals surface area (Å²) in [4.78, 5) is 33.6. The Bertz CT molecular complexity index is 702. The van der Waals surface area contributed by atoms with Crippen LogP contribution in [0.3, 0.4) is 0 Å². The predicted octanol–water partition coefficient (Wildman–Crippen LogP) is 2.43. The molecule has 1 aliphatic rings. The minimum Gasteiger partial charge on any atom is -0.478 e. The number of rotatable bonds is 7. The van der Waals surface area contributed by atoms with E-state index in [0.717, 1.165) is 18.5 Å². The Morgan fingerprint density at radius 2 is 1.85 bits per heavy atom. The highest BCUT2D eigenvalue weighted by molar-refractivity contribution is 6.30. The van der Waals surface area contributed by atoms with E-state index in [9.17, 15) is 14.4 Å². The minimum atomic E-state index is -1.26. The zero-order valence-electron chi connectivity index (χ0n) is 15.5. The Morgan fingerprint density at radius 3 is 2.30 bits per heavy atom. The molecule has 0 aliphatic heterocycles. The quantitative estimate of drug-likeness (QED) is 0.537. The summed E-state index contributed by atoms with van der Waals surface area (Å²) < 4.78 is 5.27. The first-order valence-corrected chi connectivity index (χ1v) is 8.73. The highest BCUT2D eigenvalue weighted by atomic mass is 35.5. The zero-order chi connectivity index (χ0) is 20.6. The summed E-state index contributed by atoms with van der Waals surface area (Å²) in [6, 6.07) is 7.57. The summed E-state index contributed by atoms with van der Waals surface area (Å²) in [6.07, 6.45) is 1.95. The number of halogens is 1. The Labute approximate surface area is 163 Å². The molecular weight excluding hydrogens is 374 g/mol. The fourth-order valence-electron chi connectivity index (χ4n) is 2.88. The molecule has 148 valence electrons. The van der Waals surface area contributed by atoms with E-state index in [1.165, 1.54) is 0 Å². The number of carbonyl (C=O) groups is 3. The molecule has 0 radical (unpaired) electrons. The van der Waals surface area contributed by atoms with Crippen LogP contribution >= 0.6 is 11.6 Å². The molecule has 27 heavy (non-hydrogen) atoms. The second-order valence-corrected chi connectivity index (χ2v) is 6.81. The molecule has 0 spiro atoms. The summed E-state index contributed by atoms with van der Waals surface area (Å²) in [5, 5.41) is 16.3. The molecule has 1 aromatic carbocycles. The first kappa shape index (κ1) is 22.7. The molecule has 0 heterocycles. The highest BCUT2D eigenvalue weighted by Gasteiger charge is 2.62. The Hall–Kier alpha value is -2.38. The summed E-state index contributed by atoms with van der Waals surface area (Å²) in [7, 11) is 4.04. The Balaban J connectivity index is 0.000000387. The van der Waals surface area contributed by atoms with Gasteiger partial charge in [0.05, 0.1) is 12.0 Å². The molecule has 0 bridgehead atoms. The van der Waals surface area contributed by atoms with E-state index in [1.807, 2.05) is 45.3 Å². The molecule has 1 aliphatic carbocycles. The Kier molecular flexibility index (Phi) is 8.46. The molecule has 2 atom stereocenters. The molecule has 1 saturated carbocycles. The van der Waals surface area contributed by atoms with Gasteiger partial charge in [0.1, 0.15) is 0 Å². The molecule has 2 N–H and O–H groups in total.